The summed E-state index contributed by atoms with van der Waals surface area (Å²) in [6.07, 6.45) is 1.03. The zero-order valence-corrected chi connectivity index (χ0v) is 12.4. The van der Waals surface area contributed by atoms with E-state index in [4.69, 9.17) is 17.3 Å². The first kappa shape index (κ1) is 15.6. The van der Waals surface area contributed by atoms with E-state index in [-0.39, 0.29) is 5.56 Å². The standard InChI is InChI=1S/C14H21ClN2O2/c1-4-9(3)8-17(5-2)13-11(14(18)19)6-10(16)7-12(13)15/h6-7,9H,4-5,8,16H2,1-3H3,(H,18,19). The molecule has 0 spiro atoms. The smallest absolute Gasteiger partial charge is 0.337 e. The van der Waals surface area contributed by atoms with E-state index >= 15 is 0 Å². The van der Waals surface area contributed by atoms with Crippen LogP contribution in [0.2, 0.25) is 5.02 Å². The minimum Gasteiger partial charge on any atom is -0.478 e. The second-order valence-corrected chi connectivity index (χ2v) is 5.16. The molecule has 0 saturated carbocycles. The lowest BCUT2D eigenvalue weighted by molar-refractivity contribution is 0.0697. The average molecular weight is 285 g/mol. The Kier molecular flexibility index (Phi) is 5.48. The Hall–Kier alpha value is -1.42. The van der Waals surface area contributed by atoms with Crippen molar-refractivity contribution in [1.82, 2.24) is 0 Å². The highest BCUT2D eigenvalue weighted by Gasteiger charge is 2.20. The summed E-state index contributed by atoms with van der Waals surface area (Å²) in [6, 6.07) is 3.06. The third kappa shape index (κ3) is 3.77. The monoisotopic (exact) mass is 284 g/mol. The predicted molar refractivity (Wildman–Crippen MR) is 80.2 cm³/mol. The Bertz CT molecular complexity index is 463. The number of anilines is 2. The molecule has 0 aliphatic carbocycles. The molecule has 1 rings (SSSR count). The second kappa shape index (κ2) is 6.66. The molecule has 0 amide bonds. The number of hydrogen-bond donors (Lipinski definition) is 2. The van der Waals surface area contributed by atoms with Gasteiger partial charge in [0.2, 0.25) is 0 Å². The van der Waals surface area contributed by atoms with Crippen LogP contribution in [0.3, 0.4) is 0 Å². The molecular formula is C14H21ClN2O2. The maximum absolute atomic E-state index is 11.4. The van der Waals surface area contributed by atoms with Crippen molar-refractivity contribution in [1.29, 1.82) is 0 Å². The van der Waals surface area contributed by atoms with E-state index in [1.54, 1.807) is 6.07 Å². The van der Waals surface area contributed by atoms with Gasteiger partial charge in [0.05, 0.1) is 16.3 Å². The summed E-state index contributed by atoms with van der Waals surface area (Å²) < 4.78 is 0. The van der Waals surface area contributed by atoms with E-state index in [2.05, 4.69) is 13.8 Å². The van der Waals surface area contributed by atoms with Crippen LogP contribution in [0, 0.1) is 5.92 Å². The van der Waals surface area contributed by atoms with Gasteiger partial charge in [-0.1, -0.05) is 31.9 Å². The van der Waals surface area contributed by atoms with Gasteiger partial charge in [-0.05, 0) is 25.0 Å². The third-order valence-corrected chi connectivity index (χ3v) is 3.53. The summed E-state index contributed by atoms with van der Waals surface area (Å²) in [5, 5.41) is 9.70. The predicted octanol–water partition coefficient (Wildman–Crippen LogP) is 3.49. The van der Waals surface area contributed by atoms with Gasteiger partial charge in [0, 0.05) is 18.8 Å². The molecule has 0 aliphatic rings. The third-order valence-electron chi connectivity index (χ3n) is 3.24. The zero-order valence-electron chi connectivity index (χ0n) is 11.6. The molecule has 106 valence electrons. The van der Waals surface area contributed by atoms with Gasteiger partial charge in [-0.25, -0.2) is 4.79 Å². The highest BCUT2D eigenvalue weighted by Crippen LogP contribution is 2.33. The van der Waals surface area contributed by atoms with Crippen molar-refractivity contribution in [2.45, 2.75) is 27.2 Å². The summed E-state index contributed by atoms with van der Waals surface area (Å²) in [7, 11) is 0. The first-order valence-corrected chi connectivity index (χ1v) is 6.85. The number of nitrogen functional groups attached to an aromatic ring is 1. The van der Waals surface area contributed by atoms with Crippen LogP contribution in [0.5, 0.6) is 0 Å². The van der Waals surface area contributed by atoms with E-state index in [1.165, 1.54) is 6.07 Å². The summed E-state index contributed by atoms with van der Waals surface area (Å²) in [4.78, 5) is 13.4. The molecule has 1 unspecified atom stereocenters. The number of carbonyl (C=O) groups is 1. The number of nitrogens with zero attached hydrogens (tertiary/aromatic N) is 1. The van der Waals surface area contributed by atoms with Crippen molar-refractivity contribution in [3.63, 3.8) is 0 Å². The SMILES string of the molecule is CCC(C)CN(CC)c1c(Cl)cc(N)cc1C(=O)O. The average Bonchev–Trinajstić information content (AvgIpc) is 2.35. The lowest BCUT2D eigenvalue weighted by Crippen LogP contribution is -2.30. The first-order valence-electron chi connectivity index (χ1n) is 6.47. The van der Waals surface area contributed by atoms with Crippen LogP contribution in [0.25, 0.3) is 0 Å². The lowest BCUT2D eigenvalue weighted by Gasteiger charge is -2.28. The minimum atomic E-state index is -1.01. The molecule has 1 atom stereocenters. The molecule has 5 heteroatoms. The minimum absolute atomic E-state index is 0.162. The van der Waals surface area contributed by atoms with Gasteiger partial charge in [-0.3, -0.25) is 0 Å². The molecule has 0 bridgehead atoms. The van der Waals surface area contributed by atoms with Crippen LogP contribution in [0.1, 0.15) is 37.6 Å². The van der Waals surface area contributed by atoms with E-state index in [1.807, 2.05) is 11.8 Å². The van der Waals surface area contributed by atoms with Crippen LogP contribution in [0.4, 0.5) is 11.4 Å². The fourth-order valence-electron chi connectivity index (χ4n) is 1.99. The maximum atomic E-state index is 11.4. The molecule has 1 aromatic rings. The fraction of sp³-hybridized carbons (Fsp3) is 0.500. The zero-order chi connectivity index (χ0) is 14.6. The molecule has 0 aromatic heterocycles. The Morgan fingerprint density at radius 3 is 2.58 bits per heavy atom. The largest absolute Gasteiger partial charge is 0.478 e. The van der Waals surface area contributed by atoms with Crippen molar-refractivity contribution in [3.8, 4) is 0 Å². The topological polar surface area (TPSA) is 66.6 Å². The molecule has 19 heavy (non-hydrogen) atoms. The van der Waals surface area contributed by atoms with E-state index in [0.29, 0.717) is 28.9 Å². The van der Waals surface area contributed by atoms with Gasteiger partial charge in [0.1, 0.15) is 0 Å². The van der Waals surface area contributed by atoms with Crippen LogP contribution >= 0.6 is 11.6 Å². The molecule has 4 nitrogen and oxygen atoms in total. The van der Waals surface area contributed by atoms with Crippen LogP contribution in [0.15, 0.2) is 12.1 Å². The van der Waals surface area contributed by atoms with Crippen LogP contribution in [-0.2, 0) is 0 Å². The Morgan fingerprint density at radius 2 is 2.11 bits per heavy atom. The Morgan fingerprint density at radius 1 is 1.47 bits per heavy atom. The van der Waals surface area contributed by atoms with E-state index in [9.17, 15) is 9.90 Å². The van der Waals surface area contributed by atoms with Gasteiger partial charge in [0.25, 0.3) is 0 Å². The molecule has 0 radical (unpaired) electrons. The Labute approximate surface area is 119 Å². The normalized spacial score (nSPS) is 12.2. The number of carboxylic acid groups (broad SMARTS) is 1. The summed E-state index contributed by atoms with van der Waals surface area (Å²) >= 11 is 6.19. The van der Waals surface area contributed by atoms with Crippen molar-refractivity contribution in [2.24, 2.45) is 5.92 Å². The quantitative estimate of drug-likeness (QED) is 0.785. The van der Waals surface area contributed by atoms with Crippen molar-refractivity contribution >= 4 is 28.9 Å². The molecule has 0 fully saturated rings. The summed E-state index contributed by atoms with van der Waals surface area (Å²) in [6.45, 7) is 7.71. The summed E-state index contributed by atoms with van der Waals surface area (Å²) in [5.41, 5.74) is 6.76. The van der Waals surface area contributed by atoms with Gasteiger partial charge >= 0.3 is 5.97 Å². The first-order chi connectivity index (χ1) is 8.90. The number of carboxylic acids is 1. The van der Waals surface area contributed by atoms with Gasteiger partial charge in [-0.15, -0.1) is 0 Å². The number of rotatable bonds is 6. The van der Waals surface area contributed by atoms with Gasteiger partial charge < -0.3 is 15.7 Å². The lowest BCUT2D eigenvalue weighted by atomic mass is 10.1. The molecular weight excluding hydrogens is 264 g/mol. The van der Waals surface area contributed by atoms with E-state index in [0.717, 1.165) is 13.0 Å². The number of aromatic carboxylic acids is 1. The molecule has 0 heterocycles. The number of benzene rings is 1. The van der Waals surface area contributed by atoms with Gasteiger partial charge in [-0.2, -0.15) is 0 Å². The molecule has 0 saturated heterocycles. The van der Waals surface area contributed by atoms with Crippen molar-refractivity contribution < 1.29 is 9.90 Å². The van der Waals surface area contributed by atoms with Crippen molar-refractivity contribution in [3.05, 3.63) is 22.7 Å². The van der Waals surface area contributed by atoms with Crippen molar-refractivity contribution in [2.75, 3.05) is 23.7 Å². The highest BCUT2D eigenvalue weighted by molar-refractivity contribution is 6.34. The summed E-state index contributed by atoms with van der Waals surface area (Å²) in [5.74, 6) is -0.540. The molecule has 0 aliphatic heterocycles. The fourth-order valence-corrected chi connectivity index (χ4v) is 2.34. The van der Waals surface area contributed by atoms with Gasteiger partial charge in [0.15, 0.2) is 0 Å². The molecule has 1 aromatic carbocycles. The van der Waals surface area contributed by atoms with Crippen LogP contribution < -0.4 is 10.6 Å². The van der Waals surface area contributed by atoms with Crippen LogP contribution in [-0.4, -0.2) is 24.2 Å². The Balaban J connectivity index is 3.25. The molecule has 3 N–H and O–H groups in total. The maximum Gasteiger partial charge on any atom is 0.337 e. The highest BCUT2D eigenvalue weighted by atomic mass is 35.5. The second-order valence-electron chi connectivity index (χ2n) is 4.76. The number of halogens is 1. The number of nitrogens with two attached hydrogens (primary N) is 1. The number of hydrogen-bond acceptors (Lipinski definition) is 3. The van der Waals surface area contributed by atoms with E-state index < -0.39 is 5.97 Å².